The van der Waals surface area contributed by atoms with E-state index in [1.165, 1.54) is 16.7 Å². The average Bonchev–Trinajstić information content (AvgIpc) is 2.49. The van der Waals surface area contributed by atoms with Gasteiger partial charge in [-0.1, -0.05) is 34.9 Å². The van der Waals surface area contributed by atoms with Gasteiger partial charge in [-0.3, -0.25) is 0 Å². The molecule has 24 heavy (non-hydrogen) atoms. The monoisotopic (exact) mass is 328 g/mol. The molecule has 0 aromatic heterocycles. The van der Waals surface area contributed by atoms with Gasteiger partial charge in [0.25, 0.3) is 0 Å². The smallest absolute Gasteiger partial charge is 0.122 e. The Morgan fingerprint density at radius 3 is 2.08 bits per heavy atom. The topological polar surface area (TPSA) is 40.5 Å². The fourth-order valence-electron chi connectivity index (χ4n) is 2.61. The zero-order valence-corrected chi connectivity index (χ0v) is 15.8. The highest BCUT2D eigenvalue weighted by Crippen LogP contribution is 2.28. The maximum Gasteiger partial charge on any atom is 0.122 e. The first-order chi connectivity index (χ1) is 11.3. The van der Waals surface area contributed by atoms with Crippen LogP contribution in [0.5, 0.6) is 11.5 Å². The fraction of sp³-hybridized carbons (Fsp3) is 0.455. The molecule has 0 aliphatic heterocycles. The fourth-order valence-corrected chi connectivity index (χ4v) is 2.61. The highest BCUT2D eigenvalue weighted by molar-refractivity contribution is 5.46. The van der Waals surface area contributed by atoms with E-state index in [4.69, 9.17) is 0 Å². The van der Waals surface area contributed by atoms with Crippen LogP contribution in [0, 0.1) is 6.92 Å². The summed E-state index contributed by atoms with van der Waals surface area (Å²) in [6.07, 6.45) is 11.7. The summed E-state index contributed by atoms with van der Waals surface area (Å²) in [4.78, 5) is 0. The Kier molecular flexibility index (Phi) is 8.39. The lowest BCUT2D eigenvalue weighted by Gasteiger charge is -2.07. The zero-order chi connectivity index (χ0) is 18.1. The molecule has 0 aliphatic carbocycles. The van der Waals surface area contributed by atoms with Crippen molar-refractivity contribution in [2.75, 3.05) is 0 Å². The van der Waals surface area contributed by atoms with Gasteiger partial charge in [0, 0.05) is 5.56 Å². The van der Waals surface area contributed by atoms with E-state index < -0.39 is 0 Å². The molecule has 0 atom stereocenters. The number of phenolic OH excluding ortho intramolecular Hbond substituents is 2. The Labute approximate surface area is 147 Å². The number of hydrogen-bond acceptors (Lipinski definition) is 2. The predicted octanol–water partition coefficient (Wildman–Crippen LogP) is 6.37. The first-order valence-corrected chi connectivity index (χ1v) is 8.75. The molecule has 2 N–H and O–H groups in total. The molecule has 132 valence electrons. The lowest BCUT2D eigenvalue weighted by Crippen LogP contribution is -1.88. The summed E-state index contributed by atoms with van der Waals surface area (Å²) in [5, 5.41) is 19.7. The number of allylic oxidation sites excluding steroid dienone is 6. The minimum Gasteiger partial charge on any atom is -0.508 e. The molecule has 2 heteroatoms. The van der Waals surface area contributed by atoms with E-state index >= 15 is 0 Å². The standard InChI is InChI=1S/C22H32O2/c1-16(2)8-6-9-17(3)10-7-11-18(4)12-13-20-15-21(23)14-19(5)22(20)24/h8,10,12,14-15,23-24H,6-7,9,11,13H2,1-5H3/b17-10+,18-12+. The molecular formula is C22H32O2. The first-order valence-electron chi connectivity index (χ1n) is 8.75. The lowest BCUT2D eigenvalue weighted by atomic mass is 10.0. The van der Waals surface area contributed by atoms with Crippen molar-refractivity contribution in [2.45, 2.75) is 66.7 Å². The molecule has 0 fully saturated rings. The minimum absolute atomic E-state index is 0.210. The summed E-state index contributed by atoms with van der Waals surface area (Å²) in [5.41, 5.74) is 5.63. The number of benzene rings is 1. The Balaban J connectivity index is 2.49. The molecule has 2 nitrogen and oxygen atoms in total. The van der Waals surface area contributed by atoms with Gasteiger partial charge >= 0.3 is 0 Å². The molecular weight excluding hydrogens is 296 g/mol. The van der Waals surface area contributed by atoms with Crippen molar-refractivity contribution in [1.82, 2.24) is 0 Å². The van der Waals surface area contributed by atoms with Crippen molar-refractivity contribution >= 4 is 0 Å². The summed E-state index contributed by atoms with van der Waals surface area (Å²) in [6, 6.07) is 3.22. The average molecular weight is 328 g/mol. The van der Waals surface area contributed by atoms with Gasteiger partial charge in [-0.25, -0.2) is 0 Å². The normalized spacial score (nSPS) is 12.4. The number of hydrogen-bond donors (Lipinski definition) is 2. The lowest BCUT2D eigenvalue weighted by molar-refractivity contribution is 0.451. The molecule has 0 saturated carbocycles. The Bertz CT molecular complexity index is 630. The zero-order valence-electron chi connectivity index (χ0n) is 15.8. The van der Waals surface area contributed by atoms with Crippen LogP contribution in [0.25, 0.3) is 0 Å². The Morgan fingerprint density at radius 2 is 1.46 bits per heavy atom. The van der Waals surface area contributed by atoms with E-state index in [1.807, 2.05) is 0 Å². The molecule has 0 saturated heterocycles. The molecule has 0 unspecified atom stereocenters. The van der Waals surface area contributed by atoms with Gasteiger partial charge in [0.2, 0.25) is 0 Å². The van der Waals surface area contributed by atoms with Crippen molar-refractivity contribution in [3.63, 3.8) is 0 Å². The van der Waals surface area contributed by atoms with Crippen LogP contribution >= 0.6 is 0 Å². The van der Waals surface area contributed by atoms with Gasteiger partial charge in [0.1, 0.15) is 11.5 Å². The molecule has 0 amide bonds. The summed E-state index contributed by atoms with van der Waals surface area (Å²) < 4.78 is 0. The quantitative estimate of drug-likeness (QED) is 0.430. The molecule has 0 spiro atoms. The van der Waals surface area contributed by atoms with Gasteiger partial charge < -0.3 is 10.2 Å². The van der Waals surface area contributed by atoms with Crippen molar-refractivity contribution in [3.8, 4) is 11.5 Å². The molecule has 0 aliphatic rings. The van der Waals surface area contributed by atoms with Crippen LogP contribution in [0.15, 0.2) is 47.1 Å². The molecule has 0 bridgehead atoms. The van der Waals surface area contributed by atoms with E-state index in [2.05, 4.69) is 45.9 Å². The minimum atomic E-state index is 0.210. The van der Waals surface area contributed by atoms with Crippen molar-refractivity contribution < 1.29 is 10.2 Å². The number of rotatable bonds is 8. The number of aryl methyl sites for hydroxylation is 1. The van der Waals surface area contributed by atoms with Crippen molar-refractivity contribution in [3.05, 3.63) is 58.2 Å². The van der Waals surface area contributed by atoms with Gasteiger partial charge in [0.05, 0.1) is 0 Å². The van der Waals surface area contributed by atoms with E-state index in [1.54, 1.807) is 19.1 Å². The van der Waals surface area contributed by atoms with Crippen LogP contribution in [-0.2, 0) is 6.42 Å². The molecule has 0 radical (unpaired) electrons. The van der Waals surface area contributed by atoms with Crippen LogP contribution in [0.2, 0.25) is 0 Å². The predicted molar refractivity (Wildman–Crippen MR) is 104 cm³/mol. The summed E-state index contributed by atoms with van der Waals surface area (Å²) in [6.45, 7) is 10.4. The summed E-state index contributed by atoms with van der Waals surface area (Å²) >= 11 is 0. The van der Waals surface area contributed by atoms with Crippen molar-refractivity contribution in [2.24, 2.45) is 0 Å². The second kappa shape index (κ2) is 10.0. The van der Waals surface area contributed by atoms with E-state index in [-0.39, 0.29) is 11.5 Å². The van der Waals surface area contributed by atoms with Gasteiger partial charge in [-0.15, -0.1) is 0 Å². The largest absolute Gasteiger partial charge is 0.508 e. The Morgan fingerprint density at radius 1 is 0.875 bits per heavy atom. The van der Waals surface area contributed by atoms with Gasteiger partial charge in [-0.2, -0.15) is 0 Å². The van der Waals surface area contributed by atoms with E-state index in [0.717, 1.165) is 31.2 Å². The summed E-state index contributed by atoms with van der Waals surface area (Å²) in [7, 11) is 0. The maximum absolute atomic E-state index is 10.1. The number of phenols is 2. The highest BCUT2D eigenvalue weighted by atomic mass is 16.3. The number of aromatic hydroxyl groups is 2. The third-order valence-electron chi connectivity index (χ3n) is 4.16. The molecule has 0 heterocycles. The van der Waals surface area contributed by atoms with Gasteiger partial charge in [0.15, 0.2) is 0 Å². The van der Waals surface area contributed by atoms with E-state index in [0.29, 0.717) is 12.0 Å². The Hall–Kier alpha value is -1.96. The van der Waals surface area contributed by atoms with Crippen molar-refractivity contribution in [1.29, 1.82) is 0 Å². The third-order valence-corrected chi connectivity index (χ3v) is 4.16. The van der Waals surface area contributed by atoms with Gasteiger partial charge in [-0.05, 0) is 84.4 Å². The third kappa shape index (κ3) is 7.54. The highest BCUT2D eigenvalue weighted by Gasteiger charge is 2.05. The van der Waals surface area contributed by atoms with Crippen LogP contribution < -0.4 is 0 Å². The SMILES string of the molecule is CC(C)=CCC/C(C)=C/CC/C(C)=C/Cc1cc(O)cc(C)c1O. The van der Waals surface area contributed by atoms with Crippen LogP contribution in [0.1, 0.15) is 64.5 Å². The van der Waals surface area contributed by atoms with Crippen LogP contribution in [-0.4, -0.2) is 10.2 Å². The van der Waals surface area contributed by atoms with Crippen LogP contribution in [0.4, 0.5) is 0 Å². The summed E-state index contributed by atoms with van der Waals surface area (Å²) in [5.74, 6) is 0.494. The second-order valence-electron chi connectivity index (χ2n) is 6.93. The molecule has 1 rings (SSSR count). The van der Waals surface area contributed by atoms with Crippen LogP contribution in [0.3, 0.4) is 0 Å². The van der Waals surface area contributed by atoms with E-state index in [9.17, 15) is 10.2 Å². The molecule has 1 aromatic rings. The molecule has 1 aromatic carbocycles. The maximum atomic E-state index is 10.1. The second-order valence-corrected chi connectivity index (χ2v) is 6.93. The first kappa shape index (κ1) is 20.1.